The number of likely N-dealkylation sites (N-methyl/N-ethyl adjacent to an activating group) is 2. The molecule has 1 aliphatic rings. The monoisotopic (exact) mass is 388 g/mol. The molecule has 0 bridgehead atoms. The number of carbonyl (C=O) groups excluding carboxylic acids is 2. The average Bonchev–Trinajstić information content (AvgIpc) is 2.65. The first-order valence-corrected chi connectivity index (χ1v) is 9.29. The predicted molar refractivity (Wildman–Crippen MR) is 109 cm³/mol. The molecular formula is C20H24N2O4S. The van der Waals surface area contributed by atoms with Gasteiger partial charge in [-0.1, -0.05) is 18.7 Å². The Morgan fingerprint density at radius 1 is 1.04 bits per heavy atom. The minimum atomic E-state index is -0.387. The van der Waals surface area contributed by atoms with Crippen LogP contribution in [0.5, 0.6) is 11.5 Å². The maximum absolute atomic E-state index is 12.7. The van der Waals surface area contributed by atoms with E-state index in [9.17, 15) is 9.59 Å². The topological polar surface area (TPSA) is 59.1 Å². The lowest BCUT2D eigenvalue weighted by Gasteiger charge is -2.35. The zero-order chi connectivity index (χ0) is 20.0. The molecule has 0 aromatic heterocycles. The Kier molecular flexibility index (Phi) is 7.12. The van der Waals surface area contributed by atoms with Crippen LogP contribution in [-0.4, -0.2) is 53.0 Å². The number of nitrogens with zero attached hydrogens (tertiary/aromatic N) is 2. The van der Waals surface area contributed by atoms with Crippen molar-refractivity contribution in [1.82, 2.24) is 9.80 Å². The lowest BCUT2D eigenvalue weighted by molar-refractivity contribution is -0.133. The fraction of sp³-hybridized carbons (Fsp3) is 0.350. The molecule has 2 rings (SSSR count). The number of ether oxygens (including phenoxy) is 2. The lowest BCUT2D eigenvalue weighted by Crippen LogP contribution is -2.55. The summed E-state index contributed by atoms with van der Waals surface area (Å²) in [5, 5.41) is 0.246. The van der Waals surface area contributed by atoms with Gasteiger partial charge in [-0.05, 0) is 56.8 Å². The summed E-state index contributed by atoms with van der Waals surface area (Å²) in [7, 11) is 0. The van der Waals surface area contributed by atoms with Crippen LogP contribution in [0.1, 0.15) is 26.3 Å². The summed E-state index contributed by atoms with van der Waals surface area (Å²) >= 11 is 5.27. The molecule has 0 aliphatic carbocycles. The molecule has 144 valence electrons. The molecule has 6 nitrogen and oxygen atoms in total. The Hall–Kier alpha value is -2.67. The number of hydrogen-bond donors (Lipinski definition) is 0. The van der Waals surface area contributed by atoms with Gasteiger partial charge >= 0.3 is 0 Å². The third-order valence-electron chi connectivity index (χ3n) is 3.98. The van der Waals surface area contributed by atoms with E-state index < -0.39 is 0 Å². The van der Waals surface area contributed by atoms with Gasteiger partial charge in [0.1, 0.15) is 12.2 Å². The van der Waals surface area contributed by atoms with Crippen molar-refractivity contribution in [2.45, 2.75) is 20.8 Å². The van der Waals surface area contributed by atoms with Crippen molar-refractivity contribution in [3.63, 3.8) is 0 Å². The van der Waals surface area contributed by atoms with E-state index in [1.54, 1.807) is 30.4 Å². The first-order chi connectivity index (χ1) is 13.0. The Morgan fingerprint density at radius 2 is 1.67 bits per heavy atom. The SMILES string of the molecule is C=CCOc1ccc(C=C2C(=O)N(CC)C(=S)N(CC)C2=O)cc1OCC. The normalized spacial score (nSPS) is 14.5. The van der Waals surface area contributed by atoms with Crippen molar-refractivity contribution in [3.05, 3.63) is 42.0 Å². The lowest BCUT2D eigenvalue weighted by atomic mass is 10.1. The molecule has 1 aromatic rings. The van der Waals surface area contributed by atoms with Gasteiger partial charge in [0.05, 0.1) is 6.61 Å². The summed E-state index contributed by atoms with van der Waals surface area (Å²) in [5.74, 6) is 0.343. The van der Waals surface area contributed by atoms with Gasteiger partial charge < -0.3 is 9.47 Å². The standard InChI is InChI=1S/C20H24N2O4S/c1-5-11-26-16-10-9-14(13-17(16)25-8-4)12-15-18(23)21(6-2)20(27)22(7-3)19(15)24/h5,9-10,12-13H,1,6-8,11H2,2-4H3. The molecule has 0 radical (unpaired) electrons. The average molecular weight is 388 g/mol. The van der Waals surface area contributed by atoms with E-state index in [-0.39, 0.29) is 22.5 Å². The van der Waals surface area contributed by atoms with E-state index in [1.807, 2.05) is 20.8 Å². The molecule has 0 unspecified atom stereocenters. The molecule has 0 N–H and O–H groups in total. The van der Waals surface area contributed by atoms with Gasteiger partial charge in [-0.15, -0.1) is 0 Å². The van der Waals surface area contributed by atoms with E-state index in [0.29, 0.717) is 43.4 Å². The molecule has 2 amide bonds. The van der Waals surface area contributed by atoms with Crippen LogP contribution in [0.15, 0.2) is 36.4 Å². The summed E-state index contributed by atoms with van der Waals surface area (Å²) in [6, 6.07) is 5.27. The summed E-state index contributed by atoms with van der Waals surface area (Å²) in [6.45, 7) is 10.8. The summed E-state index contributed by atoms with van der Waals surface area (Å²) in [4.78, 5) is 28.3. The highest BCUT2D eigenvalue weighted by Gasteiger charge is 2.37. The molecule has 0 atom stereocenters. The second-order valence-electron chi connectivity index (χ2n) is 5.68. The Bertz CT molecular complexity index is 760. The minimum Gasteiger partial charge on any atom is -0.490 e. The van der Waals surface area contributed by atoms with E-state index in [4.69, 9.17) is 21.7 Å². The highest BCUT2D eigenvalue weighted by Crippen LogP contribution is 2.30. The fourth-order valence-electron chi connectivity index (χ4n) is 2.70. The highest BCUT2D eigenvalue weighted by molar-refractivity contribution is 7.80. The van der Waals surface area contributed by atoms with Gasteiger partial charge in [-0.2, -0.15) is 0 Å². The number of amides is 2. The summed E-state index contributed by atoms with van der Waals surface area (Å²) < 4.78 is 11.2. The molecular weight excluding hydrogens is 364 g/mol. The second-order valence-corrected chi connectivity index (χ2v) is 6.04. The van der Waals surface area contributed by atoms with Crippen LogP contribution < -0.4 is 9.47 Å². The van der Waals surface area contributed by atoms with Crippen LogP contribution in [0.3, 0.4) is 0 Å². The van der Waals surface area contributed by atoms with Crippen LogP contribution in [-0.2, 0) is 9.59 Å². The number of rotatable bonds is 8. The van der Waals surface area contributed by atoms with Crippen molar-refractivity contribution in [1.29, 1.82) is 0 Å². The first kappa shape index (κ1) is 20.6. The minimum absolute atomic E-state index is 0.0782. The van der Waals surface area contributed by atoms with E-state index in [2.05, 4.69) is 6.58 Å². The number of thiocarbonyl (C=S) groups is 1. The van der Waals surface area contributed by atoms with Crippen molar-refractivity contribution in [2.24, 2.45) is 0 Å². The van der Waals surface area contributed by atoms with Crippen LogP contribution >= 0.6 is 12.2 Å². The molecule has 1 aliphatic heterocycles. The Morgan fingerprint density at radius 3 is 2.19 bits per heavy atom. The van der Waals surface area contributed by atoms with Gasteiger partial charge in [0.2, 0.25) is 0 Å². The van der Waals surface area contributed by atoms with Gasteiger partial charge in [-0.25, -0.2) is 0 Å². The third kappa shape index (κ3) is 4.36. The van der Waals surface area contributed by atoms with Crippen LogP contribution in [0.25, 0.3) is 6.08 Å². The van der Waals surface area contributed by atoms with Crippen molar-refractivity contribution in [3.8, 4) is 11.5 Å². The number of benzene rings is 1. The molecule has 0 saturated carbocycles. The van der Waals surface area contributed by atoms with E-state index >= 15 is 0 Å². The number of carbonyl (C=O) groups is 2. The number of hydrogen-bond acceptors (Lipinski definition) is 5. The highest BCUT2D eigenvalue weighted by atomic mass is 32.1. The molecule has 27 heavy (non-hydrogen) atoms. The van der Waals surface area contributed by atoms with Gasteiger partial charge in [0.15, 0.2) is 16.6 Å². The van der Waals surface area contributed by atoms with Gasteiger partial charge in [0.25, 0.3) is 11.8 Å². The summed E-state index contributed by atoms with van der Waals surface area (Å²) in [6.07, 6.45) is 3.21. The first-order valence-electron chi connectivity index (χ1n) is 8.88. The Balaban J connectivity index is 2.44. The van der Waals surface area contributed by atoms with E-state index in [0.717, 1.165) is 0 Å². The van der Waals surface area contributed by atoms with Crippen LogP contribution in [0.2, 0.25) is 0 Å². The maximum Gasteiger partial charge on any atom is 0.265 e. The second kappa shape index (κ2) is 9.32. The Labute approximate surface area is 165 Å². The smallest absolute Gasteiger partial charge is 0.265 e. The van der Waals surface area contributed by atoms with Crippen molar-refractivity contribution < 1.29 is 19.1 Å². The van der Waals surface area contributed by atoms with Crippen LogP contribution in [0.4, 0.5) is 0 Å². The van der Waals surface area contributed by atoms with Gasteiger partial charge in [0, 0.05) is 13.1 Å². The zero-order valence-electron chi connectivity index (χ0n) is 15.9. The summed E-state index contributed by atoms with van der Waals surface area (Å²) in [5.41, 5.74) is 0.746. The molecule has 1 saturated heterocycles. The third-order valence-corrected chi connectivity index (χ3v) is 4.42. The molecule has 1 fully saturated rings. The molecule has 1 heterocycles. The molecule has 7 heteroatoms. The quantitative estimate of drug-likeness (QED) is 0.297. The van der Waals surface area contributed by atoms with E-state index in [1.165, 1.54) is 9.80 Å². The largest absolute Gasteiger partial charge is 0.490 e. The molecule has 1 aromatic carbocycles. The predicted octanol–water partition coefficient (Wildman–Crippen LogP) is 3.03. The van der Waals surface area contributed by atoms with Crippen molar-refractivity contribution in [2.75, 3.05) is 26.3 Å². The fourth-order valence-corrected chi connectivity index (χ4v) is 3.12. The molecule has 0 spiro atoms. The van der Waals surface area contributed by atoms with Gasteiger partial charge in [-0.3, -0.25) is 19.4 Å². The van der Waals surface area contributed by atoms with Crippen LogP contribution in [0, 0.1) is 0 Å². The zero-order valence-corrected chi connectivity index (χ0v) is 16.7. The van der Waals surface area contributed by atoms with Crippen molar-refractivity contribution >= 4 is 35.2 Å². The maximum atomic E-state index is 12.7.